The lowest BCUT2D eigenvalue weighted by Crippen LogP contribution is -2.20. The van der Waals surface area contributed by atoms with Gasteiger partial charge in [0, 0.05) is 18.8 Å². The average molecular weight is 226 g/mol. The Morgan fingerprint density at radius 1 is 1.24 bits per heavy atom. The van der Waals surface area contributed by atoms with E-state index < -0.39 is 0 Å². The molecule has 0 radical (unpaired) electrons. The molecule has 3 rings (SSSR count). The highest BCUT2D eigenvalue weighted by atomic mass is 15.2. The molecule has 1 saturated heterocycles. The van der Waals surface area contributed by atoms with E-state index in [2.05, 4.69) is 23.1 Å². The summed E-state index contributed by atoms with van der Waals surface area (Å²) in [6.07, 6.45) is 4.25. The van der Waals surface area contributed by atoms with E-state index in [9.17, 15) is 0 Å². The maximum Gasteiger partial charge on any atom is 0.0994 e. The lowest BCUT2D eigenvalue weighted by Gasteiger charge is -2.20. The first-order valence-electron chi connectivity index (χ1n) is 6.53. The summed E-state index contributed by atoms with van der Waals surface area (Å²) in [5.41, 5.74) is 3.20. The van der Waals surface area contributed by atoms with E-state index in [-0.39, 0.29) is 0 Å². The summed E-state index contributed by atoms with van der Waals surface area (Å²) >= 11 is 0. The van der Waals surface area contributed by atoms with Crippen LogP contribution in [0, 0.1) is 30.1 Å². The van der Waals surface area contributed by atoms with Crippen LogP contribution in [0.4, 0.5) is 5.69 Å². The Hall–Kier alpha value is -1.49. The summed E-state index contributed by atoms with van der Waals surface area (Å²) in [6, 6.07) is 8.46. The van der Waals surface area contributed by atoms with Crippen molar-refractivity contribution < 1.29 is 0 Å². The number of hydrogen-bond donors (Lipinski definition) is 0. The maximum absolute atomic E-state index is 8.94. The molecule has 2 fully saturated rings. The molecule has 88 valence electrons. The molecule has 2 nitrogen and oxygen atoms in total. The van der Waals surface area contributed by atoms with Crippen molar-refractivity contribution in [3.8, 4) is 6.07 Å². The first kappa shape index (κ1) is 10.7. The number of rotatable bonds is 1. The van der Waals surface area contributed by atoms with E-state index in [1.807, 2.05) is 13.0 Å². The molecule has 0 bridgehead atoms. The van der Waals surface area contributed by atoms with Gasteiger partial charge in [-0.1, -0.05) is 6.42 Å². The molecule has 0 aromatic heterocycles. The summed E-state index contributed by atoms with van der Waals surface area (Å²) < 4.78 is 0. The largest absolute Gasteiger partial charge is 0.371 e. The molecule has 1 aromatic rings. The number of nitrogens with zero attached hydrogens (tertiary/aromatic N) is 2. The summed E-state index contributed by atoms with van der Waals surface area (Å²) in [7, 11) is 0. The molecule has 1 aliphatic carbocycles. The van der Waals surface area contributed by atoms with Crippen molar-refractivity contribution in [2.45, 2.75) is 26.2 Å². The highest BCUT2D eigenvalue weighted by Crippen LogP contribution is 2.39. The van der Waals surface area contributed by atoms with E-state index in [0.29, 0.717) is 0 Å². The zero-order valence-electron chi connectivity index (χ0n) is 10.3. The molecule has 0 spiro atoms. The summed E-state index contributed by atoms with van der Waals surface area (Å²) in [4.78, 5) is 2.50. The second-order valence-corrected chi connectivity index (χ2v) is 5.47. The van der Waals surface area contributed by atoms with Gasteiger partial charge in [0.15, 0.2) is 0 Å². The van der Waals surface area contributed by atoms with Gasteiger partial charge in [0.05, 0.1) is 11.6 Å². The number of aryl methyl sites for hydroxylation is 1. The average Bonchev–Trinajstić information content (AvgIpc) is 2.88. The van der Waals surface area contributed by atoms with Crippen LogP contribution in [0.2, 0.25) is 0 Å². The van der Waals surface area contributed by atoms with Crippen LogP contribution >= 0.6 is 0 Å². The van der Waals surface area contributed by atoms with Crippen LogP contribution in [-0.4, -0.2) is 13.1 Å². The predicted molar refractivity (Wildman–Crippen MR) is 68.9 cm³/mol. The number of nitriles is 1. The van der Waals surface area contributed by atoms with Gasteiger partial charge in [-0.15, -0.1) is 0 Å². The van der Waals surface area contributed by atoms with Crippen molar-refractivity contribution in [3.05, 3.63) is 29.3 Å². The summed E-state index contributed by atoms with van der Waals surface area (Å²) in [5.74, 6) is 1.84. The Labute approximate surface area is 103 Å². The zero-order chi connectivity index (χ0) is 11.8. The van der Waals surface area contributed by atoms with Gasteiger partial charge in [-0.2, -0.15) is 5.26 Å². The molecule has 1 aromatic carbocycles. The lowest BCUT2D eigenvalue weighted by molar-refractivity contribution is 0.494. The molecule has 2 heteroatoms. The Kier molecular flexibility index (Phi) is 2.55. The third kappa shape index (κ3) is 1.80. The number of anilines is 1. The number of hydrogen-bond acceptors (Lipinski definition) is 2. The second kappa shape index (κ2) is 4.07. The van der Waals surface area contributed by atoms with E-state index >= 15 is 0 Å². The topological polar surface area (TPSA) is 27.0 Å². The Balaban J connectivity index is 1.82. The predicted octanol–water partition coefficient (Wildman–Crippen LogP) is 3.10. The van der Waals surface area contributed by atoms with E-state index in [1.165, 1.54) is 38.0 Å². The van der Waals surface area contributed by atoms with Gasteiger partial charge >= 0.3 is 0 Å². The highest BCUT2D eigenvalue weighted by Gasteiger charge is 2.36. The Morgan fingerprint density at radius 2 is 1.94 bits per heavy atom. The molecule has 2 atom stereocenters. The monoisotopic (exact) mass is 226 g/mol. The molecule has 1 heterocycles. The minimum atomic E-state index is 0.799. The van der Waals surface area contributed by atoms with Crippen LogP contribution < -0.4 is 4.90 Å². The first-order chi connectivity index (χ1) is 8.28. The van der Waals surface area contributed by atoms with Gasteiger partial charge in [0.2, 0.25) is 0 Å². The van der Waals surface area contributed by atoms with Gasteiger partial charge in [0.25, 0.3) is 0 Å². The fraction of sp³-hybridized carbons (Fsp3) is 0.533. The third-order valence-corrected chi connectivity index (χ3v) is 4.42. The summed E-state index contributed by atoms with van der Waals surface area (Å²) in [5, 5.41) is 8.94. The van der Waals surface area contributed by atoms with Gasteiger partial charge in [-0.25, -0.2) is 0 Å². The van der Waals surface area contributed by atoms with E-state index in [4.69, 9.17) is 5.26 Å². The van der Waals surface area contributed by atoms with Crippen molar-refractivity contribution >= 4 is 5.69 Å². The standard InChI is InChI=1S/C15H18N2/c1-11-7-15(6-5-12(11)8-16)17-9-13-3-2-4-14(13)10-17/h5-7,13-14H,2-4,9-10H2,1H3. The van der Waals surface area contributed by atoms with Crippen LogP contribution in [-0.2, 0) is 0 Å². The number of fused-ring (bicyclic) bond motifs is 1. The van der Waals surface area contributed by atoms with Gasteiger partial charge in [-0.3, -0.25) is 0 Å². The van der Waals surface area contributed by atoms with Gasteiger partial charge in [0.1, 0.15) is 0 Å². The Bertz CT molecular complexity index is 460. The van der Waals surface area contributed by atoms with Crippen LogP contribution in [0.15, 0.2) is 18.2 Å². The maximum atomic E-state index is 8.94. The third-order valence-electron chi connectivity index (χ3n) is 4.42. The highest BCUT2D eigenvalue weighted by molar-refractivity contribution is 5.54. The fourth-order valence-electron chi connectivity index (χ4n) is 3.42. The second-order valence-electron chi connectivity index (χ2n) is 5.47. The molecule has 2 aliphatic rings. The normalized spacial score (nSPS) is 26.9. The summed E-state index contributed by atoms with van der Waals surface area (Å²) in [6.45, 7) is 4.46. The molecule has 1 aliphatic heterocycles. The van der Waals surface area contributed by atoms with E-state index in [0.717, 1.165) is 23.0 Å². The van der Waals surface area contributed by atoms with Crippen LogP contribution in [0.5, 0.6) is 0 Å². The number of benzene rings is 1. The SMILES string of the molecule is Cc1cc(N2CC3CCCC3C2)ccc1C#N. The Morgan fingerprint density at radius 3 is 2.53 bits per heavy atom. The lowest BCUT2D eigenvalue weighted by atomic mass is 10.0. The smallest absolute Gasteiger partial charge is 0.0994 e. The molecule has 2 unspecified atom stereocenters. The molecule has 0 amide bonds. The molecular formula is C15H18N2. The van der Waals surface area contributed by atoms with Crippen LogP contribution in [0.25, 0.3) is 0 Å². The van der Waals surface area contributed by atoms with Gasteiger partial charge in [-0.05, 0) is 55.4 Å². The zero-order valence-corrected chi connectivity index (χ0v) is 10.3. The van der Waals surface area contributed by atoms with Crippen molar-refractivity contribution in [3.63, 3.8) is 0 Å². The molecular weight excluding hydrogens is 208 g/mol. The van der Waals surface area contributed by atoms with Crippen molar-refractivity contribution in [1.82, 2.24) is 0 Å². The van der Waals surface area contributed by atoms with Crippen LogP contribution in [0.1, 0.15) is 30.4 Å². The molecule has 0 N–H and O–H groups in total. The minimum Gasteiger partial charge on any atom is -0.371 e. The molecule has 17 heavy (non-hydrogen) atoms. The van der Waals surface area contributed by atoms with Crippen molar-refractivity contribution in [1.29, 1.82) is 5.26 Å². The minimum absolute atomic E-state index is 0.799. The van der Waals surface area contributed by atoms with E-state index in [1.54, 1.807) is 0 Å². The quantitative estimate of drug-likeness (QED) is 0.735. The van der Waals surface area contributed by atoms with Gasteiger partial charge < -0.3 is 4.90 Å². The van der Waals surface area contributed by atoms with Crippen LogP contribution in [0.3, 0.4) is 0 Å². The van der Waals surface area contributed by atoms with Crippen molar-refractivity contribution in [2.75, 3.05) is 18.0 Å². The molecule has 1 saturated carbocycles. The van der Waals surface area contributed by atoms with Crippen molar-refractivity contribution in [2.24, 2.45) is 11.8 Å². The first-order valence-corrected chi connectivity index (χ1v) is 6.53. The fourth-order valence-corrected chi connectivity index (χ4v) is 3.42.